The number of anilines is 2. The van der Waals surface area contributed by atoms with Crippen molar-refractivity contribution in [3.8, 4) is 11.8 Å². The summed E-state index contributed by atoms with van der Waals surface area (Å²) in [5, 5.41) is 3.85. The summed E-state index contributed by atoms with van der Waals surface area (Å²) in [6, 6.07) is 11.8. The van der Waals surface area contributed by atoms with Gasteiger partial charge >= 0.3 is 6.03 Å². The summed E-state index contributed by atoms with van der Waals surface area (Å²) in [5.41, 5.74) is 11.5. The first-order valence-corrected chi connectivity index (χ1v) is 10.1. The summed E-state index contributed by atoms with van der Waals surface area (Å²) in [4.78, 5) is 15.4. The van der Waals surface area contributed by atoms with Gasteiger partial charge in [0.1, 0.15) is 0 Å². The molecule has 0 radical (unpaired) electrons. The molecule has 0 aromatic heterocycles. The molecule has 0 fully saturated rings. The molecule has 0 saturated carbocycles. The van der Waals surface area contributed by atoms with Crippen molar-refractivity contribution in [2.75, 3.05) is 11.4 Å². The van der Waals surface area contributed by atoms with Crippen LogP contribution >= 0.6 is 11.8 Å². The van der Waals surface area contributed by atoms with Gasteiger partial charge in [-0.3, -0.25) is 0 Å². The summed E-state index contributed by atoms with van der Waals surface area (Å²) in [7, 11) is 0. The monoisotopic (exact) mass is 400 g/mol. The lowest BCUT2D eigenvalue weighted by atomic mass is 10.1. The molecule has 0 bridgehead atoms. The topological polar surface area (TPSA) is 70.7 Å². The van der Waals surface area contributed by atoms with Crippen LogP contribution in [0.5, 0.6) is 0 Å². The largest absolute Gasteiger partial charge is 0.350 e. The normalized spacial score (nSPS) is 14.4. The van der Waals surface area contributed by atoms with Crippen molar-refractivity contribution in [3.05, 3.63) is 71.8 Å². The molecular formula is C23H20N4OS. The Morgan fingerprint density at radius 1 is 1.21 bits per heavy atom. The quantitative estimate of drug-likeness (QED) is 0.456. The number of rotatable bonds is 3. The van der Waals surface area contributed by atoms with E-state index < -0.39 is 6.03 Å². The molecular weight excluding hydrogens is 380 g/mol. The summed E-state index contributed by atoms with van der Waals surface area (Å²) in [6.45, 7) is 3.00. The molecule has 3 N–H and O–H groups in total. The highest BCUT2D eigenvalue weighted by Gasteiger charge is 2.22. The molecule has 0 atom stereocenters. The van der Waals surface area contributed by atoms with Crippen LogP contribution < -0.4 is 16.1 Å². The molecule has 1 aliphatic carbocycles. The Balaban J connectivity index is 1.63. The smallest absolute Gasteiger partial charge is 0.332 e. The lowest BCUT2D eigenvalue weighted by Crippen LogP contribution is -2.24. The maximum atomic E-state index is 10.8. The number of primary amides is 1. The molecule has 2 aromatic carbocycles. The zero-order valence-electron chi connectivity index (χ0n) is 15.9. The van der Waals surface area contributed by atoms with E-state index in [0.29, 0.717) is 0 Å². The first-order valence-electron chi connectivity index (χ1n) is 9.32. The van der Waals surface area contributed by atoms with Crippen molar-refractivity contribution in [3.63, 3.8) is 0 Å². The highest BCUT2D eigenvalue weighted by molar-refractivity contribution is 7.99. The molecule has 4 rings (SSSR count). The number of urea groups is 1. The first kappa shape index (κ1) is 18.9. The lowest BCUT2D eigenvalue weighted by Gasteiger charge is -2.32. The molecule has 2 aliphatic rings. The lowest BCUT2D eigenvalue weighted by molar-refractivity contribution is 0.249. The van der Waals surface area contributed by atoms with Crippen LogP contribution in [-0.4, -0.2) is 18.8 Å². The molecule has 144 valence electrons. The maximum Gasteiger partial charge on any atom is 0.332 e. The third-order valence-electron chi connectivity index (χ3n) is 4.58. The van der Waals surface area contributed by atoms with E-state index in [1.54, 1.807) is 18.0 Å². The summed E-state index contributed by atoms with van der Waals surface area (Å²) < 4.78 is 0. The van der Waals surface area contributed by atoms with Gasteiger partial charge in [-0.2, -0.15) is 5.10 Å². The van der Waals surface area contributed by atoms with Gasteiger partial charge in [0.25, 0.3) is 0 Å². The predicted octanol–water partition coefficient (Wildman–Crippen LogP) is 4.41. The predicted molar refractivity (Wildman–Crippen MR) is 119 cm³/mol. The highest BCUT2D eigenvalue weighted by Crippen LogP contribution is 2.48. The maximum absolute atomic E-state index is 10.8. The summed E-state index contributed by atoms with van der Waals surface area (Å²) in [6.07, 6.45) is 9.81. The van der Waals surface area contributed by atoms with Crippen LogP contribution in [0.4, 0.5) is 16.2 Å². The van der Waals surface area contributed by atoms with Crippen LogP contribution in [-0.2, 0) is 0 Å². The molecule has 5 nitrogen and oxygen atoms in total. The van der Waals surface area contributed by atoms with Gasteiger partial charge in [-0.05, 0) is 42.8 Å². The van der Waals surface area contributed by atoms with Crippen LogP contribution in [0.2, 0.25) is 0 Å². The molecule has 1 heterocycles. The minimum Gasteiger partial charge on any atom is -0.350 e. The SMILES string of the molecule is CCN1c2ccc(C#CC3C=CC=C3)cc2Sc2cc(C=NNC(N)=O)ccc21. The third kappa shape index (κ3) is 4.20. The standard InChI is InChI=1S/C23H20N4OS/c1-2-27-19-11-9-17(8-7-16-5-3-4-6-16)13-21(19)29-22-14-18(10-12-20(22)27)15-25-26-23(24)28/h3-6,9-16H,2H2,1H3,(H3,24,26,28). The number of nitrogens with two attached hydrogens (primary N) is 1. The van der Waals surface area contributed by atoms with E-state index in [9.17, 15) is 4.79 Å². The van der Waals surface area contributed by atoms with Gasteiger partial charge < -0.3 is 10.6 Å². The number of amides is 2. The van der Waals surface area contributed by atoms with Gasteiger partial charge in [0.2, 0.25) is 0 Å². The van der Waals surface area contributed by atoms with Crippen LogP contribution in [0.15, 0.2) is 75.6 Å². The number of nitrogens with one attached hydrogen (secondary N) is 1. The van der Waals surface area contributed by atoms with E-state index >= 15 is 0 Å². The van der Waals surface area contributed by atoms with Crippen molar-refractivity contribution < 1.29 is 4.79 Å². The fraction of sp³-hybridized carbons (Fsp3) is 0.130. The van der Waals surface area contributed by atoms with Gasteiger partial charge in [-0.15, -0.1) is 0 Å². The van der Waals surface area contributed by atoms with Gasteiger partial charge in [-0.25, -0.2) is 10.2 Å². The number of hydrazone groups is 1. The zero-order valence-corrected chi connectivity index (χ0v) is 16.7. The average Bonchev–Trinajstić information content (AvgIpc) is 3.23. The van der Waals surface area contributed by atoms with Crippen molar-refractivity contribution in [1.82, 2.24) is 5.43 Å². The van der Waals surface area contributed by atoms with Gasteiger partial charge in [0.15, 0.2) is 0 Å². The summed E-state index contributed by atoms with van der Waals surface area (Å²) in [5.74, 6) is 6.76. The number of hydrogen-bond acceptors (Lipinski definition) is 4. The Morgan fingerprint density at radius 2 is 1.93 bits per heavy atom. The molecule has 2 aromatic rings. The van der Waals surface area contributed by atoms with Crippen LogP contribution in [0.25, 0.3) is 0 Å². The Hall–Kier alpha value is -3.43. The Morgan fingerprint density at radius 3 is 2.66 bits per heavy atom. The number of hydrogen-bond donors (Lipinski definition) is 2. The van der Waals surface area contributed by atoms with E-state index in [4.69, 9.17) is 5.73 Å². The molecule has 2 amide bonds. The third-order valence-corrected chi connectivity index (χ3v) is 5.67. The van der Waals surface area contributed by atoms with E-state index in [1.807, 2.05) is 18.2 Å². The Labute approximate surface area is 174 Å². The van der Waals surface area contributed by atoms with Crippen LogP contribution in [0.3, 0.4) is 0 Å². The number of carbonyl (C=O) groups excluding carboxylic acids is 1. The van der Waals surface area contributed by atoms with E-state index in [0.717, 1.165) is 28.3 Å². The number of allylic oxidation sites excluding steroid dienone is 4. The average molecular weight is 401 g/mol. The van der Waals surface area contributed by atoms with Crippen molar-refractivity contribution >= 4 is 35.4 Å². The highest BCUT2D eigenvalue weighted by atomic mass is 32.2. The minimum absolute atomic E-state index is 0.197. The fourth-order valence-corrected chi connectivity index (χ4v) is 4.45. The Kier molecular flexibility index (Phi) is 5.41. The fourth-order valence-electron chi connectivity index (χ4n) is 3.27. The Bertz CT molecular complexity index is 1100. The van der Waals surface area contributed by atoms with Gasteiger partial charge in [0.05, 0.1) is 23.5 Å². The van der Waals surface area contributed by atoms with Gasteiger partial charge in [-0.1, -0.05) is 54.0 Å². The zero-order chi connectivity index (χ0) is 20.2. The summed E-state index contributed by atoms with van der Waals surface area (Å²) >= 11 is 1.72. The van der Waals surface area contributed by atoms with Crippen molar-refractivity contribution in [2.45, 2.75) is 16.7 Å². The van der Waals surface area contributed by atoms with Crippen molar-refractivity contribution in [2.24, 2.45) is 16.8 Å². The van der Waals surface area contributed by atoms with Gasteiger partial charge in [0, 0.05) is 21.9 Å². The second-order valence-corrected chi connectivity index (χ2v) is 7.64. The van der Waals surface area contributed by atoms with Crippen LogP contribution in [0.1, 0.15) is 18.1 Å². The second kappa shape index (κ2) is 8.29. The first-order chi connectivity index (χ1) is 14.1. The second-order valence-electron chi connectivity index (χ2n) is 6.56. The van der Waals surface area contributed by atoms with Crippen LogP contribution in [0, 0.1) is 17.8 Å². The van der Waals surface area contributed by atoms with E-state index in [1.165, 1.54) is 10.6 Å². The van der Waals surface area contributed by atoms with E-state index in [-0.39, 0.29) is 5.92 Å². The molecule has 6 heteroatoms. The molecule has 0 spiro atoms. The molecule has 0 saturated heterocycles. The number of benzene rings is 2. The molecule has 1 aliphatic heterocycles. The number of nitrogens with zero attached hydrogens (tertiary/aromatic N) is 2. The number of carbonyl (C=O) groups is 1. The van der Waals surface area contributed by atoms with Crippen molar-refractivity contribution in [1.29, 1.82) is 0 Å². The molecule has 29 heavy (non-hydrogen) atoms. The van der Waals surface area contributed by atoms with E-state index in [2.05, 4.69) is 76.7 Å². The molecule has 0 unspecified atom stereocenters. The number of fused-ring (bicyclic) bond motifs is 2. The minimum atomic E-state index is -0.683.